The number of hydrogen-bond acceptors (Lipinski definition) is 5. The molecule has 0 saturated heterocycles. The van der Waals surface area contributed by atoms with Crippen molar-refractivity contribution in [3.8, 4) is 0 Å². The van der Waals surface area contributed by atoms with Gasteiger partial charge in [0.1, 0.15) is 5.25 Å². The molecule has 1 aromatic carbocycles. The largest absolute Gasteiger partial charge is 0.346 e. The molecule has 150 valence electrons. The Hall–Kier alpha value is -2.19. The number of amides is 2. The lowest BCUT2D eigenvalue weighted by atomic mass is 9.95. The zero-order valence-electron chi connectivity index (χ0n) is 15.5. The predicted octanol–water partition coefficient (Wildman–Crippen LogP) is 2.83. The summed E-state index contributed by atoms with van der Waals surface area (Å²) >= 11 is 1.31. The highest BCUT2D eigenvalue weighted by molar-refractivity contribution is 7.91. The van der Waals surface area contributed by atoms with Crippen LogP contribution in [0.25, 0.3) is 0 Å². The standard InChI is InChI=1S/C20H24N2O4S2/c23-19(20(24)22-15-8-3-1-4-9-15)21-14-18(17-12-7-13-27-17)28(25,26)16-10-5-2-6-11-16/h2,5-7,10-13,15,18H,1,3-4,8-9,14H2,(H,21,23)(H,22,24)/t18-/m0/s1. The van der Waals surface area contributed by atoms with Crippen LogP contribution < -0.4 is 10.6 Å². The van der Waals surface area contributed by atoms with Gasteiger partial charge in [0, 0.05) is 17.5 Å². The normalized spacial score (nSPS) is 16.3. The lowest BCUT2D eigenvalue weighted by Gasteiger charge is -2.22. The van der Waals surface area contributed by atoms with Crippen LogP contribution in [-0.2, 0) is 19.4 Å². The highest BCUT2D eigenvalue weighted by Gasteiger charge is 2.31. The average molecular weight is 421 g/mol. The second kappa shape index (κ2) is 9.34. The molecule has 8 heteroatoms. The van der Waals surface area contributed by atoms with Crippen LogP contribution in [0, 0.1) is 0 Å². The summed E-state index contributed by atoms with van der Waals surface area (Å²) in [6, 6.07) is 11.7. The highest BCUT2D eigenvalue weighted by Crippen LogP contribution is 2.31. The number of carbonyl (C=O) groups excluding carboxylic acids is 2. The number of rotatable bonds is 6. The summed E-state index contributed by atoms with van der Waals surface area (Å²) < 4.78 is 26.2. The molecule has 1 aromatic heterocycles. The van der Waals surface area contributed by atoms with E-state index in [4.69, 9.17) is 0 Å². The van der Waals surface area contributed by atoms with Gasteiger partial charge in [-0.15, -0.1) is 11.3 Å². The smallest absolute Gasteiger partial charge is 0.309 e. The second-order valence-corrected chi connectivity index (χ2v) is 9.99. The quantitative estimate of drug-likeness (QED) is 0.703. The third-order valence-corrected chi connectivity index (χ3v) is 8.14. The van der Waals surface area contributed by atoms with Crippen molar-refractivity contribution in [1.29, 1.82) is 0 Å². The first-order chi connectivity index (χ1) is 13.5. The molecule has 0 radical (unpaired) electrons. The van der Waals surface area contributed by atoms with Crippen LogP contribution in [0.4, 0.5) is 0 Å². The van der Waals surface area contributed by atoms with E-state index in [0.29, 0.717) is 4.88 Å². The molecule has 1 aliphatic carbocycles. The zero-order chi connectivity index (χ0) is 20.0. The van der Waals surface area contributed by atoms with Crippen molar-refractivity contribution in [2.45, 2.75) is 48.3 Å². The molecule has 1 saturated carbocycles. The van der Waals surface area contributed by atoms with E-state index >= 15 is 0 Å². The summed E-state index contributed by atoms with van der Waals surface area (Å²) in [5.41, 5.74) is 0. The molecule has 2 N–H and O–H groups in total. The number of nitrogens with one attached hydrogen (secondary N) is 2. The Morgan fingerprint density at radius 3 is 2.36 bits per heavy atom. The lowest BCUT2D eigenvalue weighted by molar-refractivity contribution is -0.139. The summed E-state index contributed by atoms with van der Waals surface area (Å²) in [6.45, 7) is -0.158. The number of carbonyl (C=O) groups is 2. The maximum atomic E-state index is 13.1. The van der Waals surface area contributed by atoms with E-state index in [1.54, 1.807) is 35.7 Å². The van der Waals surface area contributed by atoms with Crippen LogP contribution in [-0.4, -0.2) is 32.8 Å². The van der Waals surface area contributed by atoms with Gasteiger partial charge in [0.2, 0.25) is 0 Å². The van der Waals surface area contributed by atoms with Crippen molar-refractivity contribution >= 4 is 33.0 Å². The van der Waals surface area contributed by atoms with Gasteiger partial charge in [0.05, 0.1) is 4.90 Å². The summed E-state index contributed by atoms with van der Waals surface area (Å²) in [5.74, 6) is -1.50. The molecule has 1 atom stereocenters. The molecule has 6 nitrogen and oxygen atoms in total. The van der Waals surface area contributed by atoms with E-state index in [9.17, 15) is 18.0 Å². The number of hydrogen-bond donors (Lipinski definition) is 2. The fourth-order valence-electron chi connectivity index (χ4n) is 3.38. The minimum atomic E-state index is -3.71. The fourth-order valence-corrected chi connectivity index (χ4v) is 6.18. The Morgan fingerprint density at radius 1 is 1.00 bits per heavy atom. The maximum absolute atomic E-state index is 13.1. The van der Waals surface area contributed by atoms with Crippen molar-refractivity contribution in [3.63, 3.8) is 0 Å². The molecule has 1 heterocycles. The van der Waals surface area contributed by atoms with E-state index in [0.717, 1.165) is 32.1 Å². The van der Waals surface area contributed by atoms with Crippen LogP contribution in [0.1, 0.15) is 42.2 Å². The molecule has 2 aromatic rings. The molecule has 0 bridgehead atoms. The van der Waals surface area contributed by atoms with E-state index in [1.807, 2.05) is 0 Å². The lowest BCUT2D eigenvalue weighted by Crippen LogP contribution is -2.46. The second-order valence-electron chi connectivity index (χ2n) is 6.88. The van der Waals surface area contributed by atoms with Gasteiger partial charge in [-0.1, -0.05) is 43.5 Å². The molecular weight excluding hydrogens is 396 g/mol. The number of thiophene rings is 1. The van der Waals surface area contributed by atoms with Crippen molar-refractivity contribution in [2.24, 2.45) is 0 Å². The molecule has 0 aliphatic heterocycles. The molecule has 1 aliphatic rings. The molecule has 0 spiro atoms. The van der Waals surface area contributed by atoms with Gasteiger partial charge in [-0.2, -0.15) is 0 Å². The minimum Gasteiger partial charge on any atom is -0.346 e. The van der Waals surface area contributed by atoms with Crippen LogP contribution in [0.3, 0.4) is 0 Å². The Balaban J connectivity index is 1.69. The summed E-state index contributed by atoms with van der Waals surface area (Å²) in [4.78, 5) is 25.2. The summed E-state index contributed by atoms with van der Waals surface area (Å²) in [5, 5.41) is 6.11. The van der Waals surface area contributed by atoms with E-state index in [2.05, 4.69) is 10.6 Å². The van der Waals surface area contributed by atoms with Crippen molar-refractivity contribution < 1.29 is 18.0 Å². The first kappa shape index (κ1) is 20.5. The number of benzene rings is 1. The monoisotopic (exact) mass is 420 g/mol. The van der Waals surface area contributed by atoms with Gasteiger partial charge in [0.25, 0.3) is 0 Å². The topological polar surface area (TPSA) is 92.3 Å². The predicted molar refractivity (Wildman–Crippen MR) is 109 cm³/mol. The third-order valence-electron chi connectivity index (χ3n) is 4.90. The average Bonchev–Trinajstić information content (AvgIpc) is 3.23. The van der Waals surface area contributed by atoms with Gasteiger partial charge in [-0.05, 0) is 36.4 Å². The van der Waals surface area contributed by atoms with Crippen LogP contribution in [0.2, 0.25) is 0 Å². The third kappa shape index (κ3) is 4.99. The van der Waals surface area contributed by atoms with Crippen LogP contribution >= 0.6 is 11.3 Å². The SMILES string of the molecule is O=C(NC[C@@H](c1cccs1)S(=O)(=O)c1ccccc1)C(=O)NC1CCCCC1. The minimum absolute atomic E-state index is 0.0214. The fraction of sp³-hybridized carbons (Fsp3) is 0.400. The Kier molecular flexibility index (Phi) is 6.85. The van der Waals surface area contributed by atoms with E-state index in [1.165, 1.54) is 23.5 Å². The summed E-state index contributed by atoms with van der Waals surface area (Å²) in [7, 11) is -3.71. The molecule has 3 rings (SSSR count). The van der Waals surface area contributed by atoms with Gasteiger partial charge < -0.3 is 10.6 Å². The molecule has 1 fully saturated rings. The Morgan fingerprint density at radius 2 is 1.71 bits per heavy atom. The van der Waals surface area contributed by atoms with E-state index in [-0.39, 0.29) is 17.5 Å². The first-order valence-corrected chi connectivity index (χ1v) is 11.8. The van der Waals surface area contributed by atoms with Crippen molar-refractivity contribution in [3.05, 3.63) is 52.7 Å². The van der Waals surface area contributed by atoms with Gasteiger partial charge in [-0.3, -0.25) is 9.59 Å². The number of sulfone groups is 1. The van der Waals surface area contributed by atoms with Gasteiger partial charge in [0.15, 0.2) is 9.84 Å². The zero-order valence-corrected chi connectivity index (χ0v) is 17.1. The van der Waals surface area contributed by atoms with Crippen LogP contribution in [0.5, 0.6) is 0 Å². The molecule has 0 unspecified atom stereocenters. The molecule has 2 amide bonds. The van der Waals surface area contributed by atoms with Gasteiger partial charge in [-0.25, -0.2) is 8.42 Å². The highest BCUT2D eigenvalue weighted by atomic mass is 32.2. The van der Waals surface area contributed by atoms with Crippen molar-refractivity contribution in [2.75, 3.05) is 6.54 Å². The Labute approximate surface area is 169 Å². The first-order valence-electron chi connectivity index (χ1n) is 9.39. The van der Waals surface area contributed by atoms with E-state index < -0.39 is 26.9 Å². The van der Waals surface area contributed by atoms with Crippen molar-refractivity contribution in [1.82, 2.24) is 10.6 Å². The molecule has 28 heavy (non-hydrogen) atoms. The van der Waals surface area contributed by atoms with Gasteiger partial charge >= 0.3 is 11.8 Å². The molecular formula is C20H24N2O4S2. The summed E-state index contributed by atoms with van der Waals surface area (Å²) in [6.07, 6.45) is 4.99. The maximum Gasteiger partial charge on any atom is 0.309 e. The Bertz CT molecular complexity index is 890. The van der Waals surface area contributed by atoms with Crippen LogP contribution in [0.15, 0.2) is 52.7 Å².